The molecule has 2 aromatic rings. The van der Waals surface area contributed by atoms with Crippen LogP contribution in [0.2, 0.25) is 0 Å². The molecule has 126 valence electrons. The average Bonchev–Trinajstić information content (AvgIpc) is 2.74. The predicted molar refractivity (Wildman–Crippen MR) is 89.4 cm³/mol. The first-order valence-electron chi connectivity index (χ1n) is 7.12. The summed E-state index contributed by atoms with van der Waals surface area (Å²) >= 11 is 0. The molecule has 7 nitrogen and oxygen atoms in total. The molecule has 0 saturated heterocycles. The Morgan fingerprint density at radius 2 is 1.35 bits per heavy atom. The van der Waals surface area contributed by atoms with Crippen molar-refractivity contribution in [3.05, 3.63) is 29.9 Å². The highest BCUT2D eigenvalue weighted by Crippen LogP contribution is 2.13. The zero-order valence-electron chi connectivity index (χ0n) is 13.1. The number of hydrogen-bond acceptors (Lipinski definition) is 5. The second kappa shape index (κ2) is 8.52. The molecule has 8 heteroatoms. The lowest BCUT2D eigenvalue weighted by molar-refractivity contribution is -0.144. The van der Waals surface area contributed by atoms with Crippen LogP contribution in [0.1, 0.15) is 13.8 Å². The number of ether oxygens (including phenoxy) is 2. The minimum Gasteiger partial charge on any atom is -0.465 e. The largest absolute Gasteiger partial charge is 0.465 e. The molecule has 0 radical (unpaired) electrons. The first-order valence-corrected chi connectivity index (χ1v) is 7.12. The molecule has 0 amide bonds. The van der Waals surface area contributed by atoms with Gasteiger partial charge < -0.3 is 9.47 Å². The molecule has 1 aromatic carbocycles. The number of halogens is 1. The van der Waals surface area contributed by atoms with E-state index in [1.54, 1.807) is 26.0 Å². The fourth-order valence-electron chi connectivity index (χ4n) is 2.29. The third kappa shape index (κ3) is 4.22. The first-order chi connectivity index (χ1) is 10.6. The molecule has 0 bridgehead atoms. The van der Waals surface area contributed by atoms with E-state index in [1.807, 2.05) is 12.1 Å². The molecule has 0 fully saturated rings. The highest BCUT2D eigenvalue weighted by atomic mass is 79.9. The minimum atomic E-state index is -0.417. The number of carbonyl (C=O) groups excluding carboxylic acids is 2. The number of fused-ring (bicyclic) bond motifs is 1. The molecular formula is C15H20BrN3O4. The molecule has 1 heterocycles. The number of carbonyl (C=O) groups is 2. The van der Waals surface area contributed by atoms with Crippen LogP contribution in [0, 0.1) is 5.41 Å². The van der Waals surface area contributed by atoms with E-state index in [2.05, 4.69) is 0 Å². The highest BCUT2D eigenvalue weighted by Gasteiger charge is 2.16. The molecule has 0 saturated carbocycles. The smallest absolute Gasteiger partial charge is 0.326 e. The lowest BCUT2D eigenvalue weighted by Gasteiger charge is -2.05. The summed E-state index contributed by atoms with van der Waals surface area (Å²) in [5, 5.41) is 8.24. The van der Waals surface area contributed by atoms with Gasteiger partial charge in [-0.1, -0.05) is 12.1 Å². The fraction of sp³-hybridized carbons (Fsp3) is 0.400. The third-order valence-electron chi connectivity index (χ3n) is 3.16. The van der Waals surface area contributed by atoms with Gasteiger partial charge in [-0.05, 0) is 26.0 Å². The molecular weight excluding hydrogens is 366 g/mol. The topological polar surface area (TPSA) is 86.3 Å². The van der Waals surface area contributed by atoms with Gasteiger partial charge in [-0.2, -0.15) is 0 Å². The third-order valence-corrected chi connectivity index (χ3v) is 3.16. The van der Waals surface area contributed by atoms with Crippen LogP contribution in [0.15, 0.2) is 24.3 Å². The van der Waals surface area contributed by atoms with E-state index in [0.29, 0.717) is 11.0 Å². The quantitative estimate of drug-likeness (QED) is 0.765. The zero-order chi connectivity index (χ0) is 16.1. The normalized spacial score (nSPS) is 10.2. The molecule has 0 atom stereocenters. The summed E-state index contributed by atoms with van der Waals surface area (Å²) in [4.78, 5) is 23.4. The summed E-state index contributed by atoms with van der Waals surface area (Å²) in [6.45, 7) is 3.90. The molecule has 2 rings (SSSR count). The van der Waals surface area contributed by atoms with Gasteiger partial charge in [-0.25, -0.2) is 0 Å². The van der Waals surface area contributed by atoms with Crippen LogP contribution in [0.4, 0.5) is 0 Å². The fourth-order valence-corrected chi connectivity index (χ4v) is 2.29. The predicted octanol–water partition coefficient (Wildman–Crippen LogP) is 1.63. The van der Waals surface area contributed by atoms with Crippen LogP contribution in [-0.2, 0) is 32.2 Å². The molecule has 0 aliphatic carbocycles. The van der Waals surface area contributed by atoms with Crippen molar-refractivity contribution in [3.63, 3.8) is 0 Å². The SMILES string of the molecule is Br.CCOC(=O)Cn1c(=N)n(CC(=O)OCC)c2ccccc21. The second-order valence-electron chi connectivity index (χ2n) is 4.59. The molecule has 1 N–H and O–H groups in total. The monoisotopic (exact) mass is 385 g/mol. The number of imidazole rings is 1. The molecule has 1 aromatic heterocycles. The summed E-state index contributed by atoms with van der Waals surface area (Å²) in [7, 11) is 0. The van der Waals surface area contributed by atoms with Gasteiger partial charge in [0.05, 0.1) is 24.2 Å². The van der Waals surface area contributed by atoms with Gasteiger partial charge in [0.2, 0.25) is 5.62 Å². The Morgan fingerprint density at radius 3 is 1.70 bits per heavy atom. The molecule has 0 aliphatic rings. The van der Waals surface area contributed by atoms with E-state index in [4.69, 9.17) is 14.9 Å². The van der Waals surface area contributed by atoms with Crippen LogP contribution < -0.4 is 5.62 Å². The number of rotatable bonds is 6. The van der Waals surface area contributed by atoms with Gasteiger partial charge in [0.25, 0.3) is 0 Å². The number of benzene rings is 1. The van der Waals surface area contributed by atoms with Crippen molar-refractivity contribution >= 4 is 40.0 Å². The first kappa shape index (κ1) is 19.0. The van der Waals surface area contributed by atoms with Crippen LogP contribution in [0.25, 0.3) is 11.0 Å². The number of hydrogen-bond donors (Lipinski definition) is 1. The summed E-state index contributed by atoms with van der Waals surface area (Å²) in [5.41, 5.74) is 1.46. The molecule has 0 aliphatic heterocycles. The summed E-state index contributed by atoms with van der Waals surface area (Å²) in [5.74, 6) is -0.833. The van der Waals surface area contributed by atoms with E-state index < -0.39 is 11.9 Å². The maximum atomic E-state index is 11.7. The van der Waals surface area contributed by atoms with Crippen molar-refractivity contribution in [2.24, 2.45) is 0 Å². The molecule has 0 unspecified atom stereocenters. The molecule has 0 spiro atoms. The number of nitrogens with one attached hydrogen (secondary N) is 1. The highest BCUT2D eigenvalue weighted by molar-refractivity contribution is 8.93. The zero-order valence-corrected chi connectivity index (χ0v) is 14.8. The Bertz CT molecular complexity index is 691. The second-order valence-corrected chi connectivity index (χ2v) is 4.59. The van der Waals surface area contributed by atoms with Gasteiger partial charge in [0, 0.05) is 0 Å². The van der Waals surface area contributed by atoms with Crippen molar-refractivity contribution in [1.29, 1.82) is 5.41 Å². The lowest BCUT2D eigenvalue weighted by atomic mass is 10.3. The van der Waals surface area contributed by atoms with Crippen molar-refractivity contribution in [2.45, 2.75) is 26.9 Å². The van der Waals surface area contributed by atoms with E-state index in [1.165, 1.54) is 9.13 Å². The van der Waals surface area contributed by atoms with Crippen molar-refractivity contribution in [2.75, 3.05) is 13.2 Å². The van der Waals surface area contributed by atoms with Crippen LogP contribution in [0.5, 0.6) is 0 Å². The Kier molecular flexibility index (Phi) is 7.02. The maximum Gasteiger partial charge on any atom is 0.326 e. The van der Waals surface area contributed by atoms with Crippen molar-refractivity contribution in [1.82, 2.24) is 9.13 Å². The van der Waals surface area contributed by atoms with Gasteiger partial charge in [-0.15, -0.1) is 17.0 Å². The van der Waals surface area contributed by atoms with Gasteiger partial charge in [0.1, 0.15) is 13.1 Å². The van der Waals surface area contributed by atoms with E-state index in [0.717, 1.165) is 0 Å². The van der Waals surface area contributed by atoms with Crippen LogP contribution >= 0.6 is 17.0 Å². The average molecular weight is 386 g/mol. The molecule has 23 heavy (non-hydrogen) atoms. The number of nitrogens with zero attached hydrogens (tertiary/aromatic N) is 2. The van der Waals surface area contributed by atoms with E-state index in [9.17, 15) is 9.59 Å². The van der Waals surface area contributed by atoms with Gasteiger partial charge in [-0.3, -0.25) is 24.1 Å². The van der Waals surface area contributed by atoms with Gasteiger partial charge >= 0.3 is 11.9 Å². The lowest BCUT2D eigenvalue weighted by Crippen LogP contribution is -2.30. The maximum absolute atomic E-state index is 11.7. The summed E-state index contributed by atoms with van der Waals surface area (Å²) in [6.07, 6.45) is 0. The Balaban J connectivity index is 0.00000264. The van der Waals surface area contributed by atoms with Crippen LogP contribution in [0.3, 0.4) is 0 Å². The number of aromatic nitrogens is 2. The minimum absolute atomic E-state index is 0. The van der Waals surface area contributed by atoms with Crippen molar-refractivity contribution < 1.29 is 19.1 Å². The number of esters is 2. The Morgan fingerprint density at radius 1 is 0.957 bits per heavy atom. The standard InChI is InChI=1S/C15H19N3O4.BrH/c1-3-21-13(19)9-17-11-7-5-6-8-12(11)18(15(17)16)10-14(20)22-4-2;/h5-8,16H,3-4,9-10H2,1-2H3;1H. The van der Waals surface area contributed by atoms with Gasteiger partial charge in [0.15, 0.2) is 0 Å². The van der Waals surface area contributed by atoms with Crippen molar-refractivity contribution in [3.8, 4) is 0 Å². The van der Waals surface area contributed by atoms with E-state index in [-0.39, 0.29) is 48.9 Å². The number of para-hydroxylation sites is 2. The Hall–Kier alpha value is -2.09. The summed E-state index contributed by atoms with van der Waals surface area (Å²) in [6, 6.07) is 7.23. The van der Waals surface area contributed by atoms with Crippen LogP contribution in [-0.4, -0.2) is 34.3 Å². The van der Waals surface area contributed by atoms with E-state index >= 15 is 0 Å². The Labute approximate surface area is 144 Å². The summed E-state index contributed by atoms with van der Waals surface area (Å²) < 4.78 is 12.9.